The summed E-state index contributed by atoms with van der Waals surface area (Å²) >= 11 is 5.92. The largest absolute Gasteiger partial charge is 0.630 e. The van der Waals surface area contributed by atoms with Crippen LogP contribution in [0.3, 0.4) is 0 Å². The lowest BCUT2D eigenvalue weighted by Gasteiger charge is -2.51. The summed E-state index contributed by atoms with van der Waals surface area (Å²) in [6.07, 6.45) is -2.78. The number of hydroxylamine groups is 3. The number of halogens is 1. The van der Waals surface area contributed by atoms with Crippen molar-refractivity contribution in [2.75, 3.05) is 13.2 Å². The molecule has 1 aromatic carbocycles. The monoisotopic (exact) mass is 398 g/mol. The fraction of sp³-hybridized carbons (Fsp3) is 0.667. The van der Waals surface area contributed by atoms with Crippen molar-refractivity contribution in [2.45, 2.75) is 56.1 Å². The molecule has 0 bridgehead atoms. The molecular weight excluding hydrogens is 372 g/mol. The molecule has 0 saturated carbocycles. The van der Waals surface area contributed by atoms with E-state index in [2.05, 4.69) is 10.6 Å². The molecule has 0 radical (unpaired) electrons. The summed E-state index contributed by atoms with van der Waals surface area (Å²) in [6.45, 7) is 2.24. The van der Waals surface area contributed by atoms with E-state index in [0.29, 0.717) is 24.5 Å². The maximum atomic E-state index is 13.7. The molecule has 4 unspecified atom stereocenters. The highest BCUT2D eigenvalue weighted by Gasteiger charge is 2.62. The molecule has 3 heterocycles. The number of nitrogens with one attached hydrogen (secondary N) is 2. The van der Waals surface area contributed by atoms with Gasteiger partial charge in [-0.05, 0) is 24.6 Å². The van der Waals surface area contributed by atoms with Crippen LogP contribution in [-0.2, 0) is 11.2 Å². The number of fused-ring (bicyclic) bond motifs is 1. The minimum absolute atomic E-state index is 0.0488. The van der Waals surface area contributed by atoms with E-state index in [-0.39, 0.29) is 18.6 Å². The van der Waals surface area contributed by atoms with Gasteiger partial charge in [0.15, 0.2) is 12.3 Å². The van der Waals surface area contributed by atoms with Crippen molar-refractivity contribution in [1.29, 1.82) is 0 Å². The quantitative estimate of drug-likeness (QED) is 0.353. The Bertz CT molecular complexity index is 690. The number of nitrogens with two attached hydrogens (primary N) is 1. The molecule has 150 valence electrons. The van der Waals surface area contributed by atoms with Crippen LogP contribution in [0.2, 0.25) is 5.02 Å². The van der Waals surface area contributed by atoms with Gasteiger partial charge >= 0.3 is 0 Å². The fourth-order valence-electron chi connectivity index (χ4n) is 4.66. The molecule has 8 atom stereocenters. The van der Waals surface area contributed by atoms with Gasteiger partial charge in [-0.1, -0.05) is 23.7 Å². The van der Waals surface area contributed by atoms with E-state index < -0.39 is 34.8 Å². The zero-order chi connectivity index (χ0) is 19.4. The third-order valence-electron chi connectivity index (χ3n) is 6.39. The van der Waals surface area contributed by atoms with Gasteiger partial charge in [0.05, 0.1) is 31.4 Å². The molecule has 0 aliphatic carbocycles. The Kier molecular flexibility index (Phi) is 4.99. The molecule has 0 spiro atoms. The van der Waals surface area contributed by atoms with Crippen molar-refractivity contribution in [1.82, 2.24) is 10.6 Å². The summed E-state index contributed by atoms with van der Waals surface area (Å²) < 4.78 is 5.28. The predicted molar refractivity (Wildman–Crippen MR) is 100.0 cm³/mol. The topological polar surface area (TPSA) is 123 Å². The second kappa shape index (κ2) is 6.91. The van der Waals surface area contributed by atoms with Crippen LogP contribution in [0.4, 0.5) is 0 Å². The Morgan fingerprint density at radius 1 is 1.37 bits per heavy atom. The van der Waals surface area contributed by atoms with Crippen LogP contribution in [0.5, 0.6) is 0 Å². The Balaban J connectivity index is 1.56. The molecule has 9 heteroatoms. The van der Waals surface area contributed by atoms with E-state index in [1.165, 1.54) is 6.92 Å². The second-order valence-electron chi connectivity index (χ2n) is 8.10. The Morgan fingerprint density at radius 2 is 2.07 bits per heavy atom. The van der Waals surface area contributed by atoms with E-state index in [1.54, 1.807) is 12.1 Å². The molecule has 0 aromatic heterocycles. The van der Waals surface area contributed by atoms with E-state index in [4.69, 9.17) is 22.1 Å². The number of nitrogens with zero attached hydrogens (tertiary/aromatic N) is 1. The molecule has 1 aromatic rings. The second-order valence-corrected chi connectivity index (χ2v) is 8.54. The first-order valence-electron chi connectivity index (χ1n) is 9.34. The normalized spacial score (nSPS) is 47.2. The SMILES string of the molecule is C[C@@]1(O)[C@@H](Cc2ccc(Cl)cc2)O[C@@H]([N+]2([O-])CCC3C(N)NCNC32)[C@@H]1O. The molecule has 3 aliphatic heterocycles. The number of likely N-dealkylation sites (tertiary alicyclic amines) is 1. The van der Waals surface area contributed by atoms with Crippen LogP contribution in [0.15, 0.2) is 24.3 Å². The van der Waals surface area contributed by atoms with Crippen molar-refractivity contribution in [2.24, 2.45) is 11.7 Å². The van der Waals surface area contributed by atoms with Gasteiger partial charge in [0.1, 0.15) is 5.60 Å². The number of aliphatic hydroxyl groups is 2. The third kappa shape index (κ3) is 3.19. The van der Waals surface area contributed by atoms with E-state index >= 15 is 0 Å². The van der Waals surface area contributed by atoms with Gasteiger partial charge in [-0.15, -0.1) is 0 Å². The molecule has 27 heavy (non-hydrogen) atoms. The summed E-state index contributed by atoms with van der Waals surface area (Å²) in [6, 6.07) is 7.23. The Labute approximate surface area is 163 Å². The number of hydrogen-bond donors (Lipinski definition) is 5. The Morgan fingerprint density at radius 3 is 2.78 bits per heavy atom. The molecule has 4 rings (SSSR count). The average Bonchev–Trinajstić information content (AvgIpc) is 3.09. The first-order chi connectivity index (χ1) is 12.7. The first kappa shape index (κ1) is 19.5. The van der Waals surface area contributed by atoms with Gasteiger partial charge in [0.2, 0.25) is 6.23 Å². The minimum Gasteiger partial charge on any atom is -0.630 e. The van der Waals surface area contributed by atoms with Crippen LogP contribution in [0.25, 0.3) is 0 Å². The maximum absolute atomic E-state index is 13.7. The van der Waals surface area contributed by atoms with Crippen LogP contribution in [0, 0.1) is 11.1 Å². The van der Waals surface area contributed by atoms with Crippen molar-refractivity contribution in [3.05, 3.63) is 40.1 Å². The van der Waals surface area contributed by atoms with Crippen molar-refractivity contribution in [3.8, 4) is 0 Å². The smallest absolute Gasteiger partial charge is 0.224 e. The first-order valence-corrected chi connectivity index (χ1v) is 9.72. The molecule has 3 aliphatic rings. The van der Waals surface area contributed by atoms with Crippen LogP contribution < -0.4 is 16.4 Å². The molecular formula is C18H27ClN4O4. The van der Waals surface area contributed by atoms with E-state index in [1.807, 2.05) is 12.1 Å². The van der Waals surface area contributed by atoms with E-state index in [0.717, 1.165) is 5.56 Å². The summed E-state index contributed by atoms with van der Waals surface area (Å²) in [5, 5.41) is 42.4. The number of rotatable bonds is 3. The summed E-state index contributed by atoms with van der Waals surface area (Å²) in [7, 11) is 0. The van der Waals surface area contributed by atoms with Crippen molar-refractivity contribution < 1.29 is 19.6 Å². The van der Waals surface area contributed by atoms with Crippen molar-refractivity contribution >= 4 is 11.6 Å². The maximum Gasteiger partial charge on any atom is 0.224 e. The zero-order valence-electron chi connectivity index (χ0n) is 15.2. The minimum atomic E-state index is -1.53. The molecule has 3 fully saturated rings. The number of quaternary nitrogens is 1. The average molecular weight is 399 g/mol. The lowest BCUT2D eigenvalue weighted by molar-refractivity contribution is -0.946. The zero-order valence-corrected chi connectivity index (χ0v) is 16.0. The van der Waals surface area contributed by atoms with Crippen LogP contribution >= 0.6 is 11.6 Å². The van der Waals surface area contributed by atoms with Gasteiger partial charge < -0.3 is 30.5 Å². The van der Waals surface area contributed by atoms with Gasteiger partial charge in [-0.25, -0.2) is 0 Å². The number of ether oxygens (including phenoxy) is 1. The van der Waals surface area contributed by atoms with E-state index in [9.17, 15) is 15.4 Å². The highest BCUT2D eigenvalue weighted by atomic mass is 35.5. The summed E-state index contributed by atoms with van der Waals surface area (Å²) in [4.78, 5) is 0. The molecule has 6 N–H and O–H groups in total. The molecule has 8 nitrogen and oxygen atoms in total. The standard InChI is InChI=1S/C18H27ClN4O4/c1-18(25)13(8-10-2-4-11(19)5-3-10)27-17(14(18)24)23(26)7-6-12-15(20)21-9-22-16(12)23/h2-5,12-17,21-22,24-25H,6-9,20H2,1H3/t12?,13-,14+,15?,16?,17-,18-,23?/m1/s1. The van der Waals surface area contributed by atoms with Crippen LogP contribution in [0.1, 0.15) is 18.9 Å². The predicted octanol–water partition coefficient (Wildman–Crippen LogP) is -0.185. The number of benzene rings is 1. The molecule has 3 saturated heterocycles. The number of hydrogen-bond acceptors (Lipinski definition) is 7. The summed E-state index contributed by atoms with van der Waals surface area (Å²) in [5.74, 6) is -0.0488. The van der Waals surface area contributed by atoms with Crippen molar-refractivity contribution in [3.63, 3.8) is 0 Å². The Hall–Kier alpha value is -0.810. The highest BCUT2D eigenvalue weighted by molar-refractivity contribution is 6.30. The fourth-order valence-corrected chi connectivity index (χ4v) is 4.79. The van der Waals surface area contributed by atoms with Gasteiger partial charge in [0, 0.05) is 17.9 Å². The third-order valence-corrected chi connectivity index (χ3v) is 6.64. The number of aliphatic hydroxyl groups excluding tert-OH is 1. The van der Waals surface area contributed by atoms with Gasteiger partial charge in [-0.2, -0.15) is 0 Å². The summed E-state index contributed by atoms with van der Waals surface area (Å²) in [5.41, 5.74) is 5.48. The van der Waals surface area contributed by atoms with Gasteiger partial charge in [0.25, 0.3) is 0 Å². The lowest BCUT2D eigenvalue weighted by Crippen LogP contribution is -2.70. The highest BCUT2D eigenvalue weighted by Crippen LogP contribution is 2.43. The molecule has 0 amide bonds. The lowest BCUT2D eigenvalue weighted by atomic mass is 9.90. The van der Waals surface area contributed by atoms with Crippen LogP contribution in [-0.4, -0.2) is 64.4 Å². The van der Waals surface area contributed by atoms with Gasteiger partial charge in [-0.3, -0.25) is 10.6 Å².